The van der Waals surface area contributed by atoms with Crippen molar-refractivity contribution in [2.24, 2.45) is 0 Å². The van der Waals surface area contributed by atoms with Crippen molar-refractivity contribution >= 4 is 11.8 Å². The van der Waals surface area contributed by atoms with Crippen LogP contribution < -0.4 is 0 Å². The van der Waals surface area contributed by atoms with Gasteiger partial charge in [0.15, 0.2) is 0 Å². The van der Waals surface area contributed by atoms with E-state index < -0.39 is 34.4 Å². The molecule has 1 aromatic rings. The first-order valence-corrected chi connectivity index (χ1v) is 4.99. The largest absolute Gasteiger partial charge is 0.460 e. The first kappa shape index (κ1) is 13.9. The Morgan fingerprint density at radius 3 is 2.67 bits per heavy atom. The van der Waals surface area contributed by atoms with Crippen LogP contribution in [0.1, 0.15) is 35.0 Å². The molecule has 0 radical (unpaired) electrons. The lowest BCUT2D eigenvalue weighted by Crippen LogP contribution is -2.12. The first-order valence-electron chi connectivity index (χ1n) is 4.99. The van der Waals surface area contributed by atoms with Crippen LogP contribution in [0.25, 0.3) is 0 Å². The summed E-state index contributed by atoms with van der Waals surface area (Å²) in [6, 6.07) is 0.655. The lowest BCUT2D eigenvalue weighted by atomic mass is 10.1. The molecule has 0 bridgehead atoms. The molecule has 0 aliphatic carbocycles. The number of halogens is 2. The Bertz CT molecular complexity index is 491. The molecule has 98 valence electrons. The molecule has 1 rings (SSSR count). The van der Waals surface area contributed by atoms with Crippen LogP contribution in [0.3, 0.4) is 0 Å². The van der Waals surface area contributed by atoms with Gasteiger partial charge >= 0.3 is 11.8 Å². The highest BCUT2D eigenvalue weighted by Crippen LogP contribution is 2.27. The molecule has 1 heterocycles. The van der Waals surface area contributed by atoms with E-state index in [1.807, 2.05) is 0 Å². The number of hydrogen-bond donors (Lipinski definition) is 0. The fourth-order valence-corrected chi connectivity index (χ4v) is 1.33. The summed E-state index contributed by atoms with van der Waals surface area (Å²) in [7, 11) is 0. The normalized spacial score (nSPS) is 10.5. The summed E-state index contributed by atoms with van der Waals surface area (Å²) >= 11 is 0. The Labute approximate surface area is 101 Å². The third-order valence-electron chi connectivity index (χ3n) is 2.19. The summed E-state index contributed by atoms with van der Waals surface area (Å²) in [6.45, 7) is 2.79. The fraction of sp³-hybridized carbons (Fsp3) is 0.400. The number of rotatable bonds is 4. The lowest BCUT2D eigenvalue weighted by molar-refractivity contribution is -0.389. The van der Waals surface area contributed by atoms with Crippen molar-refractivity contribution in [2.45, 2.75) is 20.3 Å². The number of esters is 1. The Morgan fingerprint density at radius 2 is 2.22 bits per heavy atom. The van der Waals surface area contributed by atoms with E-state index in [0.29, 0.717) is 6.07 Å². The van der Waals surface area contributed by atoms with Gasteiger partial charge in [-0.2, -0.15) is 0 Å². The number of nitro groups is 1. The zero-order chi connectivity index (χ0) is 13.9. The standard InChI is InChI=1S/C10H10F2N2O4/c1-3-18-10(15)8-5(2)6(9(11)12)4-7(13-8)14(16)17/h4,9H,3H2,1-2H3. The van der Waals surface area contributed by atoms with Crippen molar-refractivity contribution in [2.75, 3.05) is 6.61 Å². The highest BCUT2D eigenvalue weighted by molar-refractivity contribution is 5.89. The zero-order valence-corrected chi connectivity index (χ0v) is 9.65. The molecule has 8 heteroatoms. The molecule has 0 N–H and O–H groups in total. The maximum absolute atomic E-state index is 12.7. The van der Waals surface area contributed by atoms with Crippen LogP contribution >= 0.6 is 0 Å². The van der Waals surface area contributed by atoms with Crippen LogP contribution in [0.2, 0.25) is 0 Å². The average molecular weight is 260 g/mol. The van der Waals surface area contributed by atoms with E-state index in [4.69, 9.17) is 0 Å². The third-order valence-corrected chi connectivity index (χ3v) is 2.19. The monoisotopic (exact) mass is 260 g/mol. The smallest absolute Gasteiger partial charge is 0.383 e. The van der Waals surface area contributed by atoms with E-state index in [1.54, 1.807) is 0 Å². The maximum atomic E-state index is 12.7. The summed E-state index contributed by atoms with van der Waals surface area (Å²) in [4.78, 5) is 24.5. The number of aromatic nitrogens is 1. The van der Waals surface area contributed by atoms with Crippen LogP contribution in [-0.4, -0.2) is 22.5 Å². The SMILES string of the molecule is CCOC(=O)c1nc([N+](=O)[O-])cc(C(F)F)c1C. The van der Waals surface area contributed by atoms with Gasteiger partial charge in [-0.05, 0) is 23.8 Å². The average Bonchev–Trinajstić information content (AvgIpc) is 2.28. The molecule has 0 fully saturated rings. The maximum Gasteiger partial charge on any atom is 0.383 e. The van der Waals surface area contributed by atoms with Gasteiger partial charge in [-0.15, -0.1) is 0 Å². The molecular weight excluding hydrogens is 250 g/mol. The topological polar surface area (TPSA) is 82.3 Å². The van der Waals surface area contributed by atoms with Crippen LogP contribution in [-0.2, 0) is 4.74 Å². The van der Waals surface area contributed by atoms with E-state index in [0.717, 1.165) is 0 Å². The minimum atomic E-state index is -2.93. The summed E-state index contributed by atoms with van der Waals surface area (Å²) in [5.41, 5.74) is -1.17. The summed E-state index contributed by atoms with van der Waals surface area (Å²) in [5, 5.41) is 10.6. The molecule has 0 spiro atoms. The Hall–Kier alpha value is -2.12. The number of hydrogen-bond acceptors (Lipinski definition) is 5. The molecule has 18 heavy (non-hydrogen) atoms. The van der Waals surface area contributed by atoms with Crippen LogP contribution in [0.15, 0.2) is 6.07 Å². The predicted molar refractivity (Wildman–Crippen MR) is 56.5 cm³/mol. The number of carbonyl (C=O) groups excluding carboxylic acids is 1. The van der Waals surface area contributed by atoms with Crippen molar-refractivity contribution in [3.8, 4) is 0 Å². The lowest BCUT2D eigenvalue weighted by Gasteiger charge is -2.06. The second-order valence-corrected chi connectivity index (χ2v) is 3.32. The van der Waals surface area contributed by atoms with Crippen molar-refractivity contribution in [1.82, 2.24) is 4.98 Å². The van der Waals surface area contributed by atoms with Gasteiger partial charge in [-0.1, -0.05) is 0 Å². The van der Waals surface area contributed by atoms with Crippen LogP contribution in [0.4, 0.5) is 14.6 Å². The highest BCUT2D eigenvalue weighted by Gasteiger charge is 2.27. The van der Waals surface area contributed by atoms with Crippen LogP contribution in [0.5, 0.6) is 0 Å². The molecule has 0 amide bonds. The minimum absolute atomic E-state index is 0.0205. The number of pyridine rings is 1. The third kappa shape index (κ3) is 2.76. The summed E-state index contributed by atoms with van der Waals surface area (Å²) in [6.07, 6.45) is -2.93. The van der Waals surface area contributed by atoms with Gasteiger partial charge in [0.05, 0.1) is 6.61 Å². The van der Waals surface area contributed by atoms with Crippen molar-refractivity contribution in [1.29, 1.82) is 0 Å². The van der Waals surface area contributed by atoms with Crippen molar-refractivity contribution in [3.05, 3.63) is 33.0 Å². The molecule has 0 aromatic carbocycles. The summed E-state index contributed by atoms with van der Waals surface area (Å²) < 4.78 is 30.0. The van der Waals surface area contributed by atoms with E-state index in [1.165, 1.54) is 13.8 Å². The van der Waals surface area contributed by atoms with Gasteiger partial charge in [-0.3, -0.25) is 0 Å². The Balaban J connectivity index is 3.40. The molecule has 0 atom stereocenters. The van der Waals surface area contributed by atoms with Gasteiger partial charge in [0.2, 0.25) is 0 Å². The molecule has 0 aliphatic rings. The van der Waals surface area contributed by atoms with Crippen molar-refractivity contribution in [3.63, 3.8) is 0 Å². The van der Waals surface area contributed by atoms with Crippen molar-refractivity contribution < 1.29 is 23.2 Å². The number of alkyl halides is 2. The predicted octanol–water partition coefficient (Wildman–Crippen LogP) is 2.41. The Kier molecular flexibility index (Phi) is 4.24. The first-order chi connectivity index (χ1) is 8.38. The summed E-state index contributed by atoms with van der Waals surface area (Å²) in [5.74, 6) is -1.76. The minimum Gasteiger partial charge on any atom is -0.460 e. The number of ether oxygens (including phenoxy) is 1. The number of nitrogens with zero attached hydrogens (tertiary/aromatic N) is 2. The van der Waals surface area contributed by atoms with E-state index in [-0.39, 0.29) is 12.2 Å². The molecule has 0 aliphatic heterocycles. The van der Waals surface area contributed by atoms with Gasteiger partial charge in [0.25, 0.3) is 12.1 Å². The van der Waals surface area contributed by atoms with Gasteiger partial charge < -0.3 is 14.9 Å². The molecule has 6 nitrogen and oxygen atoms in total. The molecule has 0 unspecified atom stereocenters. The van der Waals surface area contributed by atoms with Gasteiger partial charge in [-0.25, -0.2) is 13.6 Å². The molecule has 0 saturated carbocycles. The highest BCUT2D eigenvalue weighted by atomic mass is 19.3. The fourth-order valence-electron chi connectivity index (χ4n) is 1.33. The Morgan fingerprint density at radius 1 is 1.61 bits per heavy atom. The quantitative estimate of drug-likeness (QED) is 0.471. The molecule has 1 aromatic heterocycles. The van der Waals surface area contributed by atoms with Crippen LogP contribution in [0, 0.1) is 17.0 Å². The number of carbonyl (C=O) groups is 1. The van der Waals surface area contributed by atoms with E-state index in [9.17, 15) is 23.7 Å². The van der Waals surface area contributed by atoms with E-state index in [2.05, 4.69) is 9.72 Å². The molecule has 0 saturated heterocycles. The second-order valence-electron chi connectivity index (χ2n) is 3.32. The molecular formula is C10H10F2N2O4. The second kappa shape index (κ2) is 5.48. The van der Waals surface area contributed by atoms with E-state index >= 15 is 0 Å². The zero-order valence-electron chi connectivity index (χ0n) is 9.65. The van der Waals surface area contributed by atoms with Gasteiger partial charge in [0, 0.05) is 17.2 Å². The van der Waals surface area contributed by atoms with Gasteiger partial charge in [0.1, 0.15) is 0 Å².